The lowest BCUT2D eigenvalue weighted by atomic mass is 9.96. The summed E-state index contributed by atoms with van der Waals surface area (Å²) in [5.41, 5.74) is 0.265. The summed E-state index contributed by atoms with van der Waals surface area (Å²) in [5.74, 6) is -1.20. The Morgan fingerprint density at radius 2 is 1.68 bits per heavy atom. The zero-order valence-corrected chi connectivity index (χ0v) is 9.90. The Labute approximate surface area is 108 Å². The summed E-state index contributed by atoms with van der Waals surface area (Å²) in [6.45, 7) is 0. The monoisotopic (exact) mass is 260 g/mol. The summed E-state index contributed by atoms with van der Waals surface area (Å²) in [5, 5.41) is 0. The lowest BCUT2D eigenvalue weighted by Gasteiger charge is -2.25. The zero-order valence-electron chi connectivity index (χ0n) is 9.90. The smallest absolute Gasteiger partial charge is 0.170 e. The fraction of sp³-hybridized carbons (Fsp3) is 0.133. The van der Waals surface area contributed by atoms with Gasteiger partial charge in [0.2, 0.25) is 0 Å². The third-order valence-corrected chi connectivity index (χ3v) is 3.15. The standard InChI is InChI=1S/C15H10F2O2/c16-10-5-3-6-11(17)15(10)14-8-12(18)9-4-1-2-7-13(9)19-14/h1-7,14H,8H2. The summed E-state index contributed by atoms with van der Waals surface area (Å²) in [4.78, 5) is 12.0. The number of rotatable bonds is 1. The third-order valence-electron chi connectivity index (χ3n) is 3.15. The number of ether oxygens (including phenoxy) is 1. The van der Waals surface area contributed by atoms with Gasteiger partial charge in [-0.1, -0.05) is 18.2 Å². The third kappa shape index (κ3) is 1.99. The van der Waals surface area contributed by atoms with Crippen molar-refractivity contribution in [3.8, 4) is 5.75 Å². The highest BCUT2D eigenvalue weighted by molar-refractivity contribution is 5.99. The van der Waals surface area contributed by atoms with Crippen LogP contribution in [-0.2, 0) is 0 Å². The number of benzene rings is 2. The van der Waals surface area contributed by atoms with Crippen molar-refractivity contribution in [3.05, 3.63) is 65.2 Å². The highest BCUT2D eigenvalue weighted by Gasteiger charge is 2.30. The van der Waals surface area contributed by atoms with E-state index in [-0.39, 0.29) is 17.8 Å². The molecule has 0 saturated carbocycles. The molecular formula is C15H10F2O2. The quantitative estimate of drug-likeness (QED) is 0.782. The van der Waals surface area contributed by atoms with Crippen LogP contribution in [0, 0.1) is 11.6 Å². The van der Waals surface area contributed by atoms with Gasteiger partial charge >= 0.3 is 0 Å². The molecule has 1 aliphatic heterocycles. The molecule has 1 aliphatic rings. The fourth-order valence-electron chi connectivity index (χ4n) is 2.25. The van der Waals surface area contributed by atoms with Gasteiger partial charge in [0, 0.05) is 0 Å². The van der Waals surface area contributed by atoms with E-state index >= 15 is 0 Å². The van der Waals surface area contributed by atoms with Crippen molar-refractivity contribution in [3.63, 3.8) is 0 Å². The van der Waals surface area contributed by atoms with Crippen LogP contribution in [0.1, 0.15) is 28.4 Å². The second kappa shape index (κ2) is 4.46. The van der Waals surface area contributed by atoms with Gasteiger partial charge in [-0.05, 0) is 24.3 Å². The first-order chi connectivity index (χ1) is 9.16. The Morgan fingerprint density at radius 3 is 2.42 bits per heavy atom. The average molecular weight is 260 g/mol. The summed E-state index contributed by atoms with van der Waals surface area (Å²) in [6, 6.07) is 10.3. The summed E-state index contributed by atoms with van der Waals surface area (Å²) >= 11 is 0. The molecule has 0 fully saturated rings. The molecule has 2 aromatic carbocycles. The Balaban J connectivity index is 2.04. The van der Waals surface area contributed by atoms with Gasteiger partial charge < -0.3 is 4.74 Å². The number of carbonyl (C=O) groups is 1. The Kier molecular flexibility index (Phi) is 2.78. The van der Waals surface area contributed by atoms with Gasteiger partial charge in [0.15, 0.2) is 5.78 Å². The topological polar surface area (TPSA) is 26.3 Å². The minimum atomic E-state index is -0.913. The highest BCUT2D eigenvalue weighted by atomic mass is 19.1. The fourth-order valence-corrected chi connectivity index (χ4v) is 2.25. The van der Waals surface area contributed by atoms with E-state index in [2.05, 4.69) is 0 Å². The zero-order chi connectivity index (χ0) is 13.4. The molecule has 0 N–H and O–H groups in total. The molecule has 2 nitrogen and oxygen atoms in total. The molecule has 0 spiro atoms. The Morgan fingerprint density at radius 1 is 1.00 bits per heavy atom. The van der Waals surface area contributed by atoms with Crippen LogP contribution < -0.4 is 4.74 Å². The van der Waals surface area contributed by atoms with Crippen LogP contribution in [0.2, 0.25) is 0 Å². The van der Waals surface area contributed by atoms with Gasteiger partial charge in [-0.2, -0.15) is 0 Å². The van der Waals surface area contributed by atoms with Crippen molar-refractivity contribution in [1.82, 2.24) is 0 Å². The van der Waals surface area contributed by atoms with Crippen molar-refractivity contribution in [2.75, 3.05) is 0 Å². The molecule has 3 rings (SSSR count). The molecule has 0 radical (unpaired) electrons. The maximum absolute atomic E-state index is 13.7. The lowest BCUT2D eigenvalue weighted by Crippen LogP contribution is -2.22. The molecule has 0 amide bonds. The highest BCUT2D eigenvalue weighted by Crippen LogP contribution is 2.36. The van der Waals surface area contributed by atoms with Crippen LogP contribution in [0.3, 0.4) is 0 Å². The van der Waals surface area contributed by atoms with E-state index in [1.165, 1.54) is 6.07 Å². The van der Waals surface area contributed by atoms with Crippen molar-refractivity contribution in [1.29, 1.82) is 0 Å². The average Bonchev–Trinajstić information content (AvgIpc) is 2.38. The number of fused-ring (bicyclic) bond motifs is 1. The minimum Gasteiger partial charge on any atom is -0.484 e. The molecule has 4 heteroatoms. The van der Waals surface area contributed by atoms with Gasteiger partial charge in [-0.3, -0.25) is 4.79 Å². The maximum Gasteiger partial charge on any atom is 0.170 e. The van der Waals surface area contributed by atoms with Crippen LogP contribution in [-0.4, -0.2) is 5.78 Å². The van der Waals surface area contributed by atoms with Crippen LogP contribution in [0.4, 0.5) is 8.78 Å². The second-order valence-corrected chi connectivity index (χ2v) is 4.37. The molecule has 2 aromatic rings. The van der Waals surface area contributed by atoms with Crippen LogP contribution >= 0.6 is 0 Å². The first-order valence-corrected chi connectivity index (χ1v) is 5.89. The normalized spacial score (nSPS) is 17.8. The van der Waals surface area contributed by atoms with E-state index in [0.717, 1.165) is 12.1 Å². The molecule has 0 aromatic heterocycles. The predicted molar refractivity (Wildman–Crippen MR) is 65.1 cm³/mol. The number of carbonyl (C=O) groups excluding carboxylic acids is 1. The number of halogens is 2. The molecule has 1 heterocycles. The molecule has 0 saturated heterocycles. The van der Waals surface area contributed by atoms with Crippen LogP contribution in [0.25, 0.3) is 0 Å². The van der Waals surface area contributed by atoms with E-state index in [4.69, 9.17) is 4.74 Å². The number of hydrogen-bond acceptors (Lipinski definition) is 2. The molecule has 0 bridgehead atoms. The van der Waals surface area contributed by atoms with E-state index in [0.29, 0.717) is 11.3 Å². The summed E-state index contributed by atoms with van der Waals surface area (Å²) in [7, 11) is 0. The molecule has 96 valence electrons. The molecule has 19 heavy (non-hydrogen) atoms. The minimum absolute atomic E-state index is 0.0606. The van der Waals surface area contributed by atoms with Crippen molar-refractivity contribution in [2.24, 2.45) is 0 Å². The van der Waals surface area contributed by atoms with Crippen molar-refractivity contribution in [2.45, 2.75) is 12.5 Å². The summed E-state index contributed by atoms with van der Waals surface area (Å²) < 4.78 is 33.0. The van der Waals surface area contributed by atoms with E-state index < -0.39 is 17.7 Å². The van der Waals surface area contributed by atoms with E-state index in [9.17, 15) is 13.6 Å². The molecular weight excluding hydrogens is 250 g/mol. The number of hydrogen-bond donors (Lipinski definition) is 0. The van der Waals surface area contributed by atoms with Gasteiger partial charge in [-0.15, -0.1) is 0 Å². The van der Waals surface area contributed by atoms with E-state index in [1.54, 1.807) is 24.3 Å². The molecule has 1 atom stereocenters. The van der Waals surface area contributed by atoms with Crippen molar-refractivity contribution < 1.29 is 18.3 Å². The predicted octanol–water partition coefficient (Wildman–Crippen LogP) is 3.67. The molecule has 0 aliphatic carbocycles. The lowest BCUT2D eigenvalue weighted by molar-refractivity contribution is 0.0841. The number of para-hydroxylation sites is 1. The maximum atomic E-state index is 13.7. The van der Waals surface area contributed by atoms with Gasteiger partial charge in [-0.25, -0.2) is 8.78 Å². The largest absolute Gasteiger partial charge is 0.484 e. The van der Waals surface area contributed by atoms with Gasteiger partial charge in [0.1, 0.15) is 23.5 Å². The van der Waals surface area contributed by atoms with Crippen LogP contribution in [0.5, 0.6) is 5.75 Å². The van der Waals surface area contributed by atoms with Gasteiger partial charge in [0.25, 0.3) is 0 Å². The van der Waals surface area contributed by atoms with E-state index in [1.807, 2.05) is 0 Å². The first kappa shape index (κ1) is 11.8. The Bertz CT molecular complexity index is 632. The molecule has 1 unspecified atom stereocenters. The Hall–Kier alpha value is -2.23. The number of ketones is 1. The van der Waals surface area contributed by atoms with Gasteiger partial charge in [0.05, 0.1) is 17.5 Å². The summed E-state index contributed by atoms with van der Waals surface area (Å²) in [6.07, 6.45) is -0.974. The SMILES string of the molecule is O=C1CC(c2c(F)cccc2F)Oc2ccccc21. The first-order valence-electron chi connectivity index (χ1n) is 5.89. The van der Waals surface area contributed by atoms with Crippen LogP contribution in [0.15, 0.2) is 42.5 Å². The van der Waals surface area contributed by atoms with Crippen molar-refractivity contribution >= 4 is 5.78 Å². The second-order valence-electron chi connectivity index (χ2n) is 4.37. The number of Topliss-reactive ketones (excluding diaryl/α,β-unsaturated/α-hetero) is 1.